The number of fused-ring (bicyclic) bond motifs is 5. The van der Waals surface area contributed by atoms with Crippen LogP contribution in [0.25, 0.3) is 32.6 Å². The number of benzene rings is 6. The minimum absolute atomic E-state index is 0.0612. The molecule has 0 aliphatic heterocycles. The maximum absolute atomic E-state index is 13.9. The summed E-state index contributed by atoms with van der Waals surface area (Å²) in [6.45, 7) is 0. The Hall–Kier alpha value is -6.15. The topological polar surface area (TPSA) is 119 Å². The number of hydrazine groups is 1. The third-order valence-electron chi connectivity index (χ3n) is 7.38. The number of amides is 1. The van der Waals surface area contributed by atoms with E-state index in [4.69, 9.17) is 5.73 Å². The van der Waals surface area contributed by atoms with Gasteiger partial charge >= 0.3 is 0 Å². The second-order valence-electron chi connectivity index (χ2n) is 10.1. The lowest BCUT2D eigenvalue weighted by Crippen LogP contribution is -2.39. The molecule has 0 unspecified atom stereocenters. The summed E-state index contributed by atoms with van der Waals surface area (Å²) in [5.41, 5.74) is 13.5. The Kier molecular flexibility index (Phi) is 6.41. The molecule has 6 aromatic carbocycles. The van der Waals surface area contributed by atoms with Crippen LogP contribution < -0.4 is 16.2 Å². The van der Waals surface area contributed by atoms with E-state index < -0.39 is 5.91 Å². The molecule has 7 aromatic rings. The summed E-state index contributed by atoms with van der Waals surface area (Å²) in [6, 6.07) is 39.5. The van der Waals surface area contributed by atoms with Gasteiger partial charge in [0.05, 0.1) is 28.1 Å². The number of nitrogens with one attached hydrogen (secondary N) is 2. The van der Waals surface area contributed by atoms with Crippen LogP contribution in [0.4, 0.5) is 28.4 Å². The quantitative estimate of drug-likeness (QED) is 0.0921. The Bertz CT molecular complexity index is 2100. The number of phenols is 1. The number of nitrogens with two attached hydrogens (primary N) is 1. The van der Waals surface area contributed by atoms with Crippen molar-refractivity contribution >= 4 is 66.9 Å². The summed E-state index contributed by atoms with van der Waals surface area (Å²) in [5.74, 6) is -0.788. The molecule has 8 heteroatoms. The first-order valence-corrected chi connectivity index (χ1v) is 13.7. The number of azo groups is 1. The number of hydrogen-bond acceptors (Lipinski definition) is 6. The van der Waals surface area contributed by atoms with Crippen molar-refractivity contribution in [1.29, 1.82) is 0 Å². The van der Waals surface area contributed by atoms with Crippen molar-refractivity contribution in [1.82, 2.24) is 10.4 Å². The highest BCUT2D eigenvalue weighted by Gasteiger charge is 2.23. The fourth-order valence-corrected chi connectivity index (χ4v) is 5.29. The number of para-hydroxylation sites is 3. The fourth-order valence-electron chi connectivity index (χ4n) is 5.29. The lowest BCUT2D eigenvalue weighted by molar-refractivity contribution is 0.0951. The zero-order valence-electron chi connectivity index (χ0n) is 22.9. The molecule has 0 fully saturated rings. The standard InChI is InChI=1S/C35H26N6O2/c36-23-16-18-24(19-17-23)38-39-33-31-22(15-20-28-27-13-7-8-14-30(27)37-32(28)31)21-29(34(33)42)35(43)40-41(25-9-3-1-4-10-25)26-11-5-2-6-12-26/h1-21,37,42H,36H2,(H,40,43). The molecule has 0 radical (unpaired) electrons. The summed E-state index contributed by atoms with van der Waals surface area (Å²) in [4.78, 5) is 17.4. The van der Waals surface area contributed by atoms with Crippen LogP contribution in [0, 0.1) is 0 Å². The van der Waals surface area contributed by atoms with Crippen molar-refractivity contribution in [3.63, 3.8) is 0 Å². The molecule has 7 rings (SSSR count). The van der Waals surface area contributed by atoms with Crippen LogP contribution in [-0.2, 0) is 0 Å². The molecule has 0 aliphatic rings. The van der Waals surface area contributed by atoms with Crippen molar-refractivity contribution in [2.75, 3.05) is 10.7 Å². The summed E-state index contributed by atoms with van der Waals surface area (Å²) < 4.78 is 0. The van der Waals surface area contributed by atoms with Crippen LogP contribution in [-0.4, -0.2) is 16.0 Å². The van der Waals surface area contributed by atoms with Gasteiger partial charge in [-0.3, -0.25) is 15.2 Å². The molecular formula is C35H26N6O2. The molecule has 0 atom stereocenters. The van der Waals surface area contributed by atoms with Crippen LogP contribution in [0.3, 0.4) is 0 Å². The molecule has 5 N–H and O–H groups in total. The van der Waals surface area contributed by atoms with Crippen LogP contribution in [0.1, 0.15) is 10.4 Å². The van der Waals surface area contributed by atoms with Gasteiger partial charge in [-0.1, -0.05) is 66.7 Å². The van der Waals surface area contributed by atoms with Crippen molar-refractivity contribution in [2.45, 2.75) is 0 Å². The molecule has 0 saturated heterocycles. The van der Waals surface area contributed by atoms with E-state index in [1.54, 1.807) is 35.3 Å². The van der Waals surface area contributed by atoms with Gasteiger partial charge in [-0.05, 0) is 66.0 Å². The molecular weight excluding hydrogens is 536 g/mol. The minimum Gasteiger partial charge on any atom is -0.505 e. The van der Waals surface area contributed by atoms with Crippen molar-refractivity contribution in [3.05, 3.63) is 133 Å². The molecule has 208 valence electrons. The molecule has 0 spiro atoms. The number of hydrogen-bond donors (Lipinski definition) is 4. The molecule has 0 aliphatic carbocycles. The van der Waals surface area contributed by atoms with Crippen LogP contribution in [0.2, 0.25) is 0 Å². The van der Waals surface area contributed by atoms with Crippen LogP contribution in [0.5, 0.6) is 5.75 Å². The number of carbonyl (C=O) groups is 1. The minimum atomic E-state index is -0.507. The first-order valence-electron chi connectivity index (χ1n) is 13.7. The number of nitrogens with zero attached hydrogens (tertiary/aromatic N) is 3. The third-order valence-corrected chi connectivity index (χ3v) is 7.38. The zero-order valence-corrected chi connectivity index (χ0v) is 22.9. The second kappa shape index (κ2) is 10.7. The van der Waals surface area contributed by atoms with E-state index in [-0.39, 0.29) is 17.0 Å². The van der Waals surface area contributed by atoms with Crippen molar-refractivity contribution < 1.29 is 9.90 Å². The van der Waals surface area contributed by atoms with Gasteiger partial charge in [-0.25, -0.2) is 0 Å². The number of aromatic amines is 1. The Labute approximate surface area is 246 Å². The van der Waals surface area contributed by atoms with Gasteiger partial charge in [0.25, 0.3) is 5.91 Å². The first kappa shape index (κ1) is 25.8. The number of aromatic nitrogens is 1. The molecule has 1 heterocycles. The molecule has 8 nitrogen and oxygen atoms in total. The van der Waals surface area contributed by atoms with Crippen LogP contribution in [0.15, 0.2) is 138 Å². The van der Waals surface area contributed by atoms with Gasteiger partial charge in [0.1, 0.15) is 5.69 Å². The van der Waals surface area contributed by atoms with E-state index in [2.05, 4.69) is 20.6 Å². The number of aromatic hydroxyl groups is 1. The smallest absolute Gasteiger partial charge is 0.273 e. The van der Waals surface area contributed by atoms with Crippen molar-refractivity contribution in [3.8, 4) is 5.75 Å². The van der Waals surface area contributed by atoms with E-state index in [1.165, 1.54) is 0 Å². The third kappa shape index (κ3) is 4.76. The Morgan fingerprint density at radius 1 is 0.744 bits per heavy atom. The number of carbonyl (C=O) groups excluding carboxylic acids is 1. The first-order chi connectivity index (χ1) is 21.1. The maximum Gasteiger partial charge on any atom is 0.273 e. The van der Waals surface area contributed by atoms with E-state index in [1.807, 2.05) is 97.1 Å². The number of H-pyrrole nitrogens is 1. The average molecular weight is 563 g/mol. The fraction of sp³-hybridized carbons (Fsp3) is 0. The summed E-state index contributed by atoms with van der Waals surface area (Å²) in [5, 5.41) is 25.7. The highest BCUT2D eigenvalue weighted by molar-refractivity contribution is 6.22. The van der Waals surface area contributed by atoms with Gasteiger partial charge in [0.15, 0.2) is 5.75 Å². The van der Waals surface area contributed by atoms with Gasteiger partial charge in [0, 0.05) is 27.4 Å². The van der Waals surface area contributed by atoms with E-state index in [9.17, 15) is 9.90 Å². The maximum atomic E-state index is 13.9. The Balaban J connectivity index is 1.40. The largest absolute Gasteiger partial charge is 0.505 e. The average Bonchev–Trinajstić information content (AvgIpc) is 3.43. The van der Waals surface area contributed by atoms with Gasteiger partial charge in [0.2, 0.25) is 0 Å². The van der Waals surface area contributed by atoms with Gasteiger partial charge in [-0.15, -0.1) is 5.11 Å². The Morgan fingerprint density at radius 3 is 2.09 bits per heavy atom. The molecule has 43 heavy (non-hydrogen) atoms. The van der Waals surface area contributed by atoms with E-state index in [0.29, 0.717) is 16.8 Å². The molecule has 1 amide bonds. The SMILES string of the molecule is Nc1ccc(N=Nc2c(O)c(C(=O)NN(c3ccccc3)c3ccccc3)cc3ccc4c5ccccc5[nH]c4c23)cc1. The van der Waals surface area contributed by atoms with Gasteiger partial charge < -0.3 is 15.8 Å². The van der Waals surface area contributed by atoms with E-state index in [0.717, 1.165) is 38.6 Å². The molecule has 0 bridgehead atoms. The molecule has 0 saturated carbocycles. The zero-order chi connectivity index (χ0) is 29.3. The van der Waals surface area contributed by atoms with Crippen molar-refractivity contribution in [2.24, 2.45) is 10.2 Å². The lowest BCUT2D eigenvalue weighted by atomic mass is 10.00. The normalized spacial score (nSPS) is 11.4. The number of phenolic OH excluding ortho intramolecular Hbond substituents is 1. The highest BCUT2D eigenvalue weighted by Crippen LogP contribution is 2.44. The number of anilines is 3. The predicted molar refractivity (Wildman–Crippen MR) is 172 cm³/mol. The predicted octanol–water partition coefficient (Wildman–Crippen LogP) is 8.66. The monoisotopic (exact) mass is 562 g/mol. The Morgan fingerprint density at radius 2 is 1.40 bits per heavy atom. The van der Waals surface area contributed by atoms with E-state index >= 15 is 0 Å². The highest BCUT2D eigenvalue weighted by atomic mass is 16.3. The number of rotatable bonds is 6. The molecule has 1 aromatic heterocycles. The lowest BCUT2D eigenvalue weighted by Gasteiger charge is -2.26. The second-order valence-corrected chi connectivity index (χ2v) is 10.1. The van der Waals surface area contributed by atoms with Gasteiger partial charge in [-0.2, -0.15) is 5.11 Å². The summed E-state index contributed by atoms with van der Waals surface area (Å²) >= 11 is 0. The summed E-state index contributed by atoms with van der Waals surface area (Å²) in [6.07, 6.45) is 0. The number of nitrogen functional groups attached to an aromatic ring is 1. The summed E-state index contributed by atoms with van der Waals surface area (Å²) in [7, 11) is 0. The van der Waals surface area contributed by atoms with Crippen LogP contribution >= 0.6 is 0 Å².